The number of hydrogen-bond donors (Lipinski definition) is 2. The summed E-state index contributed by atoms with van der Waals surface area (Å²) in [6.07, 6.45) is 4.74. The van der Waals surface area contributed by atoms with Crippen LogP contribution in [0.3, 0.4) is 0 Å². The standard InChI is InChI=1S/C19H29BrN4O/c1-2-21-19(23-12-6-14-24-13-5-10-18(24)25)22-11-4-8-16-7-3-9-17(20)15-16/h3,7,9,15H,2,4-6,8,10-14H2,1H3,(H2,21,22,23). The molecule has 5 nitrogen and oxygen atoms in total. The fourth-order valence-corrected chi connectivity index (χ4v) is 3.37. The molecule has 2 N–H and O–H groups in total. The van der Waals surface area contributed by atoms with Crippen LogP contribution in [-0.4, -0.2) is 49.5 Å². The normalized spacial score (nSPS) is 14.9. The second kappa shape index (κ2) is 11.1. The van der Waals surface area contributed by atoms with Crippen LogP contribution in [0.25, 0.3) is 0 Å². The summed E-state index contributed by atoms with van der Waals surface area (Å²) in [5, 5.41) is 6.67. The van der Waals surface area contributed by atoms with E-state index >= 15 is 0 Å². The Bertz CT molecular complexity index is 576. The van der Waals surface area contributed by atoms with Crippen molar-refractivity contribution in [3.63, 3.8) is 0 Å². The Morgan fingerprint density at radius 2 is 2.20 bits per heavy atom. The van der Waals surface area contributed by atoms with Gasteiger partial charge >= 0.3 is 0 Å². The zero-order valence-corrected chi connectivity index (χ0v) is 16.6. The molecule has 1 aromatic rings. The van der Waals surface area contributed by atoms with Gasteiger partial charge in [0.25, 0.3) is 0 Å². The van der Waals surface area contributed by atoms with E-state index in [1.54, 1.807) is 0 Å². The molecular formula is C19H29BrN4O. The monoisotopic (exact) mass is 408 g/mol. The SMILES string of the molecule is CCNC(=NCCCN1CCCC1=O)NCCCc1cccc(Br)c1. The Morgan fingerprint density at radius 3 is 2.92 bits per heavy atom. The highest BCUT2D eigenvalue weighted by atomic mass is 79.9. The Labute approximate surface area is 159 Å². The van der Waals surface area contributed by atoms with Gasteiger partial charge in [-0.25, -0.2) is 0 Å². The number of hydrogen-bond acceptors (Lipinski definition) is 2. The molecule has 1 saturated heterocycles. The van der Waals surface area contributed by atoms with E-state index in [1.807, 2.05) is 11.0 Å². The molecule has 1 aromatic carbocycles. The van der Waals surface area contributed by atoms with Crippen molar-refractivity contribution >= 4 is 27.8 Å². The Hall–Kier alpha value is -1.56. The number of nitrogens with zero attached hydrogens (tertiary/aromatic N) is 2. The molecule has 0 aromatic heterocycles. The predicted molar refractivity (Wildman–Crippen MR) is 107 cm³/mol. The Balaban J connectivity index is 1.65. The maximum atomic E-state index is 11.6. The van der Waals surface area contributed by atoms with Crippen LogP contribution in [-0.2, 0) is 11.2 Å². The number of rotatable bonds is 9. The van der Waals surface area contributed by atoms with Gasteiger partial charge in [0, 0.05) is 43.6 Å². The van der Waals surface area contributed by atoms with E-state index in [2.05, 4.69) is 56.7 Å². The van der Waals surface area contributed by atoms with Crippen molar-refractivity contribution in [1.29, 1.82) is 0 Å². The molecular weight excluding hydrogens is 380 g/mol. The van der Waals surface area contributed by atoms with Crippen LogP contribution in [0.15, 0.2) is 33.7 Å². The number of nitrogens with one attached hydrogen (secondary N) is 2. The minimum atomic E-state index is 0.293. The lowest BCUT2D eigenvalue weighted by Crippen LogP contribution is -2.38. The molecule has 0 aliphatic carbocycles. The average Bonchev–Trinajstić information content (AvgIpc) is 3.00. The van der Waals surface area contributed by atoms with Gasteiger partial charge in [-0.2, -0.15) is 0 Å². The molecule has 0 radical (unpaired) electrons. The van der Waals surface area contributed by atoms with Gasteiger partial charge in [-0.05, 0) is 50.3 Å². The number of amides is 1. The van der Waals surface area contributed by atoms with Gasteiger partial charge in [-0.15, -0.1) is 0 Å². The van der Waals surface area contributed by atoms with Crippen molar-refractivity contribution in [3.8, 4) is 0 Å². The molecule has 0 unspecified atom stereocenters. The Morgan fingerprint density at radius 1 is 1.32 bits per heavy atom. The first-order chi connectivity index (χ1) is 12.2. The van der Waals surface area contributed by atoms with Crippen LogP contribution in [0.1, 0.15) is 38.2 Å². The van der Waals surface area contributed by atoms with Gasteiger partial charge in [0.05, 0.1) is 0 Å². The molecule has 1 aliphatic rings. The molecule has 1 amide bonds. The van der Waals surface area contributed by atoms with Crippen LogP contribution in [0.5, 0.6) is 0 Å². The largest absolute Gasteiger partial charge is 0.357 e. The number of aryl methyl sites for hydroxylation is 1. The van der Waals surface area contributed by atoms with E-state index in [1.165, 1.54) is 5.56 Å². The van der Waals surface area contributed by atoms with Crippen LogP contribution >= 0.6 is 15.9 Å². The fourth-order valence-electron chi connectivity index (χ4n) is 2.93. The first-order valence-electron chi connectivity index (χ1n) is 9.23. The zero-order chi connectivity index (χ0) is 17.9. The molecule has 1 heterocycles. The summed E-state index contributed by atoms with van der Waals surface area (Å²) in [5.41, 5.74) is 1.34. The summed E-state index contributed by atoms with van der Waals surface area (Å²) < 4.78 is 1.13. The number of carbonyl (C=O) groups is 1. The first-order valence-corrected chi connectivity index (χ1v) is 10.0. The van der Waals surface area contributed by atoms with Crippen molar-refractivity contribution in [3.05, 3.63) is 34.3 Å². The highest BCUT2D eigenvalue weighted by Crippen LogP contribution is 2.12. The molecule has 138 valence electrons. The van der Waals surface area contributed by atoms with Crippen LogP contribution in [0.2, 0.25) is 0 Å². The van der Waals surface area contributed by atoms with Crippen LogP contribution in [0.4, 0.5) is 0 Å². The second-order valence-corrected chi connectivity index (χ2v) is 7.17. The summed E-state index contributed by atoms with van der Waals surface area (Å²) >= 11 is 3.51. The van der Waals surface area contributed by atoms with E-state index in [9.17, 15) is 4.79 Å². The van der Waals surface area contributed by atoms with Gasteiger partial charge < -0.3 is 15.5 Å². The van der Waals surface area contributed by atoms with Crippen molar-refractivity contribution in [2.45, 2.75) is 39.0 Å². The van der Waals surface area contributed by atoms with Crippen LogP contribution < -0.4 is 10.6 Å². The number of likely N-dealkylation sites (tertiary alicyclic amines) is 1. The van der Waals surface area contributed by atoms with Gasteiger partial charge in [0.2, 0.25) is 5.91 Å². The molecule has 0 bridgehead atoms. The number of aliphatic imine (C=N–C) groups is 1. The number of carbonyl (C=O) groups excluding carboxylic acids is 1. The van der Waals surface area contributed by atoms with E-state index in [-0.39, 0.29) is 0 Å². The first kappa shape index (κ1) is 19.8. The van der Waals surface area contributed by atoms with Crippen molar-refractivity contribution in [2.75, 3.05) is 32.7 Å². The smallest absolute Gasteiger partial charge is 0.222 e. The second-order valence-electron chi connectivity index (χ2n) is 6.26. The zero-order valence-electron chi connectivity index (χ0n) is 15.1. The van der Waals surface area contributed by atoms with Crippen molar-refractivity contribution in [2.24, 2.45) is 4.99 Å². The fraction of sp³-hybridized carbons (Fsp3) is 0.579. The molecule has 2 rings (SSSR count). The molecule has 0 saturated carbocycles. The average molecular weight is 409 g/mol. The van der Waals surface area contributed by atoms with Gasteiger partial charge in [0.1, 0.15) is 0 Å². The minimum Gasteiger partial charge on any atom is -0.357 e. The summed E-state index contributed by atoms with van der Waals surface area (Å²) in [6, 6.07) is 8.44. The third kappa shape index (κ3) is 7.46. The molecule has 1 aliphatic heterocycles. The third-order valence-corrected chi connectivity index (χ3v) is 4.69. The van der Waals surface area contributed by atoms with Crippen LogP contribution in [0, 0.1) is 0 Å². The van der Waals surface area contributed by atoms with Crippen molar-refractivity contribution in [1.82, 2.24) is 15.5 Å². The lowest BCUT2D eigenvalue weighted by atomic mass is 10.1. The van der Waals surface area contributed by atoms with Crippen molar-refractivity contribution < 1.29 is 4.79 Å². The van der Waals surface area contributed by atoms with E-state index in [4.69, 9.17) is 0 Å². The highest BCUT2D eigenvalue weighted by molar-refractivity contribution is 9.10. The Kier molecular flexibility index (Phi) is 8.80. The van der Waals surface area contributed by atoms with E-state index in [0.717, 1.165) is 68.8 Å². The molecule has 25 heavy (non-hydrogen) atoms. The summed E-state index contributed by atoms with van der Waals surface area (Å²) in [6.45, 7) is 6.29. The third-order valence-electron chi connectivity index (χ3n) is 4.20. The van der Waals surface area contributed by atoms with E-state index in [0.29, 0.717) is 12.3 Å². The quantitative estimate of drug-likeness (QED) is 0.375. The number of halogens is 1. The van der Waals surface area contributed by atoms with E-state index < -0.39 is 0 Å². The summed E-state index contributed by atoms with van der Waals surface area (Å²) in [5.74, 6) is 1.16. The summed E-state index contributed by atoms with van der Waals surface area (Å²) in [4.78, 5) is 18.1. The van der Waals surface area contributed by atoms with Gasteiger partial charge in [-0.1, -0.05) is 28.1 Å². The molecule has 1 fully saturated rings. The molecule has 6 heteroatoms. The lowest BCUT2D eigenvalue weighted by molar-refractivity contribution is -0.127. The maximum absolute atomic E-state index is 11.6. The topological polar surface area (TPSA) is 56.7 Å². The highest BCUT2D eigenvalue weighted by Gasteiger charge is 2.18. The maximum Gasteiger partial charge on any atom is 0.222 e. The number of guanidine groups is 1. The number of benzene rings is 1. The predicted octanol–water partition coefficient (Wildman–Crippen LogP) is 2.95. The lowest BCUT2D eigenvalue weighted by Gasteiger charge is -2.15. The minimum absolute atomic E-state index is 0.293. The van der Waals surface area contributed by atoms with Gasteiger partial charge in [-0.3, -0.25) is 9.79 Å². The summed E-state index contributed by atoms with van der Waals surface area (Å²) in [7, 11) is 0. The molecule has 0 spiro atoms. The van der Waals surface area contributed by atoms with Gasteiger partial charge in [0.15, 0.2) is 5.96 Å². The molecule has 0 atom stereocenters.